The molecule has 6 unspecified atom stereocenters. The molecule has 1 nitrogen and oxygen atoms in total. The van der Waals surface area contributed by atoms with Crippen LogP contribution in [0.4, 0.5) is 0 Å². The van der Waals surface area contributed by atoms with Gasteiger partial charge >= 0.3 is 0 Å². The second kappa shape index (κ2) is 4.01. The van der Waals surface area contributed by atoms with Crippen LogP contribution in [0.3, 0.4) is 0 Å². The summed E-state index contributed by atoms with van der Waals surface area (Å²) in [6.07, 6.45) is 8.36. The third-order valence-corrected chi connectivity index (χ3v) is 6.04. The Hall–Kier alpha value is -0.0400. The Balaban J connectivity index is 1.88. The van der Waals surface area contributed by atoms with E-state index in [0.29, 0.717) is 11.8 Å². The molecule has 1 heteroatoms. The maximum atomic E-state index is 10.7. The Kier molecular flexibility index (Phi) is 2.78. The van der Waals surface area contributed by atoms with Gasteiger partial charge in [0.15, 0.2) is 0 Å². The first-order valence-electron chi connectivity index (χ1n) is 7.38. The van der Waals surface area contributed by atoms with Crippen LogP contribution in [0.1, 0.15) is 52.4 Å². The van der Waals surface area contributed by atoms with Crippen LogP contribution in [0, 0.1) is 35.5 Å². The minimum atomic E-state index is 0.0283. The van der Waals surface area contributed by atoms with E-state index in [2.05, 4.69) is 13.8 Å². The topological polar surface area (TPSA) is 20.2 Å². The fraction of sp³-hybridized carbons (Fsp3) is 1.00. The van der Waals surface area contributed by atoms with Gasteiger partial charge in [0.1, 0.15) is 0 Å². The zero-order valence-electron chi connectivity index (χ0n) is 10.7. The molecule has 6 atom stereocenters. The number of hydrogen-bond acceptors (Lipinski definition) is 1. The van der Waals surface area contributed by atoms with E-state index in [1.165, 1.54) is 38.5 Å². The number of aliphatic hydroxyl groups excluding tert-OH is 1. The SMILES string of the molecule is CC1CCCC2C3CCCC(C)C3C(O)C12. The molecule has 3 rings (SSSR count). The van der Waals surface area contributed by atoms with E-state index in [1.807, 2.05) is 0 Å². The summed E-state index contributed by atoms with van der Waals surface area (Å²) >= 11 is 0. The highest BCUT2D eigenvalue weighted by atomic mass is 16.3. The van der Waals surface area contributed by atoms with Gasteiger partial charge in [0.05, 0.1) is 6.10 Å². The van der Waals surface area contributed by atoms with Crippen molar-refractivity contribution in [3.8, 4) is 0 Å². The van der Waals surface area contributed by atoms with Crippen molar-refractivity contribution in [2.45, 2.75) is 58.5 Å². The summed E-state index contributed by atoms with van der Waals surface area (Å²) in [5, 5.41) is 10.7. The highest BCUT2D eigenvalue weighted by Crippen LogP contribution is 2.57. The third kappa shape index (κ3) is 1.47. The van der Waals surface area contributed by atoms with Crippen LogP contribution < -0.4 is 0 Å². The molecule has 16 heavy (non-hydrogen) atoms. The van der Waals surface area contributed by atoms with Gasteiger partial charge in [0, 0.05) is 0 Å². The molecule has 0 spiro atoms. The van der Waals surface area contributed by atoms with E-state index >= 15 is 0 Å². The van der Waals surface area contributed by atoms with Crippen LogP contribution in [0.5, 0.6) is 0 Å². The lowest BCUT2D eigenvalue weighted by Gasteiger charge is -2.36. The second-order valence-electron chi connectivity index (χ2n) is 6.79. The fourth-order valence-electron chi connectivity index (χ4n) is 5.40. The maximum Gasteiger partial charge on any atom is 0.0607 e. The summed E-state index contributed by atoms with van der Waals surface area (Å²) in [7, 11) is 0. The minimum absolute atomic E-state index is 0.0283. The normalized spacial score (nSPS) is 56.8. The molecule has 0 saturated heterocycles. The molecule has 3 aliphatic carbocycles. The van der Waals surface area contributed by atoms with Crippen molar-refractivity contribution in [1.29, 1.82) is 0 Å². The first kappa shape index (κ1) is 11.1. The highest BCUT2D eigenvalue weighted by Gasteiger charge is 2.54. The molecule has 0 aromatic rings. The van der Waals surface area contributed by atoms with Gasteiger partial charge in [0.2, 0.25) is 0 Å². The summed E-state index contributed by atoms with van der Waals surface area (Å²) in [5.74, 6) is 4.56. The first-order chi connectivity index (χ1) is 7.70. The number of aliphatic hydroxyl groups is 1. The molecular weight excluding hydrogens is 196 g/mol. The zero-order valence-corrected chi connectivity index (χ0v) is 10.7. The molecule has 0 aliphatic heterocycles. The molecule has 0 aromatic carbocycles. The van der Waals surface area contributed by atoms with Gasteiger partial charge in [-0.15, -0.1) is 0 Å². The Labute approximate surface area is 99.6 Å². The van der Waals surface area contributed by atoms with Crippen LogP contribution in [-0.2, 0) is 0 Å². The van der Waals surface area contributed by atoms with E-state index in [9.17, 15) is 5.11 Å². The molecule has 1 N–H and O–H groups in total. The average molecular weight is 222 g/mol. The molecule has 3 aliphatic rings. The summed E-state index contributed by atoms with van der Waals surface area (Å²) < 4.78 is 0. The van der Waals surface area contributed by atoms with Crippen LogP contribution >= 0.6 is 0 Å². The van der Waals surface area contributed by atoms with Crippen molar-refractivity contribution in [3.63, 3.8) is 0 Å². The Bertz CT molecular complexity index is 236. The van der Waals surface area contributed by atoms with Gasteiger partial charge in [-0.1, -0.05) is 39.5 Å². The predicted octanol–water partition coefficient (Wildman–Crippen LogP) is 3.47. The molecule has 0 heterocycles. The minimum Gasteiger partial charge on any atom is -0.393 e. The molecular formula is C15H26O. The smallest absolute Gasteiger partial charge is 0.0607 e. The lowest BCUT2D eigenvalue weighted by atomic mass is 9.69. The van der Waals surface area contributed by atoms with Crippen molar-refractivity contribution in [2.24, 2.45) is 35.5 Å². The molecule has 0 radical (unpaired) electrons. The van der Waals surface area contributed by atoms with E-state index in [4.69, 9.17) is 0 Å². The largest absolute Gasteiger partial charge is 0.393 e. The first-order valence-corrected chi connectivity index (χ1v) is 7.38. The predicted molar refractivity (Wildman–Crippen MR) is 66.0 cm³/mol. The third-order valence-electron chi connectivity index (χ3n) is 6.04. The fourth-order valence-corrected chi connectivity index (χ4v) is 5.40. The molecule has 0 aromatic heterocycles. The summed E-state index contributed by atoms with van der Waals surface area (Å²) in [6, 6.07) is 0. The van der Waals surface area contributed by atoms with Crippen molar-refractivity contribution in [1.82, 2.24) is 0 Å². The lowest BCUT2D eigenvalue weighted by Crippen LogP contribution is -2.33. The Morgan fingerprint density at radius 3 is 1.62 bits per heavy atom. The molecule has 0 bridgehead atoms. The van der Waals surface area contributed by atoms with Crippen molar-refractivity contribution >= 4 is 0 Å². The average Bonchev–Trinajstić information content (AvgIpc) is 2.56. The van der Waals surface area contributed by atoms with Crippen molar-refractivity contribution in [3.05, 3.63) is 0 Å². The highest BCUT2D eigenvalue weighted by molar-refractivity contribution is 5.03. The van der Waals surface area contributed by atoms with Gasteiger partial charge in [0.25, 0.3) is 0 Å². The van der Waals surface area contributed by atoms with Gasteiger partial charge in [-0.3, -0.25) is 0 Å². The summed E-state index contributed by atoms with van der Waals surface area (Å²) in [5.41, 5.74) is 0. The van der Waals surface area contributed by atoms with E-state index < -0.39 is 0 Å². The standard InChI is InChI=1S/C15H26O/c1-9-5-3-7-11-12-8-4-6-10(2)14(12)15(16)13(9)11/h9-16H,3-8H2,1-2H3. The van der Waals surface area contributed by atoms with Crippen LogP contribution in [0.2, 0.25) is 0 Å². The summed E-state index contributed by atoms with van der Waals surface area (Å²) in [4.78, 5) is 0. The van der Waals surface area contributed by atoms with Crippen molar-refractivity contribution in [2.75, 3.05) is 0 Å². The van der Waals surface area contributed by atoms with Crippen LogP contribution in [-0.4, -0.2) is 11.2 Å². The van der Waals surface area contributed by atoms with Gasteiger partial charge in [-0.05, 0) is 48.3 Å². The van der Waals surface area contributed by atoms with E-state index in [-0.39, 0.29) is 6.10 Å². The molecule has 92 valence electrons. The molecule has 3 saturated carbocycles. The van der Waals surface area contributed by atoms with E-state index in [1.54, 1.807) is 0 Å². The Morgan fingerprint density at radius 1 is 0.750 bits per heavy atom. The van der Waals surface area contributed by atoms with Gasteiger partial charge < -0.3 is 5.11 Å². The van der Waals surface area contributed by atoms with Crippen LogP contribution in [0.25, 0.3) is 0 Å². The quantitative estimate of drug-likeness (QED) is 0.665. The number of rotatable bonds is 0. The maximum absolute atomic E-state index is 10.7. The summed E-state index contributed by atoms with van der Waals surface area (Å²) in [6.45, 7) is 4.75. The zero-order chi connectivity index (χ0) is 11.3. The van der Waals surface area contributed by atoms with Gasteiger partial charge in [-0.2, -0.15) is 0 Å². The Morgan fingerprint density at radius 2 is 1.19 bits per heavy atom. The number of fused-ring (bicyclic) bond motifs is 3. The number of hydrogen-bond donors (Lipinski definition) is 1. The van der Waals surface area contributed by atoms with E-state index in [0.717, 1.165) is 23.7 Å². The monoisotopic (exact) mass is 222 g/mol. The second-order valence-corrected chi connectivity index (χ2v) is 6.79. The van der Waals surface area contributed by atoms with Crippen LogP contribution in [0.15, 0.2) is 0 Å². The molecule has 0 amide bonds. The molecule has 3 fully saturated rings. The van der Waals surface area contributed by atoms with Crippen molar-refractivity contribution < 1.29 is 5.11 Å². The van der Waals surface area contributed by atoms with Gasteiger partial charge in [-0.25, -0.2) is 0 Å². The lowest BCUT2D eigenvalue weighted by molar-refractivity contribution is 0.0208.